The summed E-state index contributed by atoms with van der Waals surface area (Å²) in [6.45, 7) is 4.65. The zero-order chi connectivity index (χ0) is 13.7. The van der Waals surface area contributed by atoms with E-state index in [2.05, 4.69) is 15.5 Å². The molecule has 0 saturated heterocycles. The fourth-order valence-electron chi connectivity index (χ4n) is 2.50. The van der Waals surface area contributed by atoms with Crippen molar-refractivity contribution in [3.05, 3.63) is 11.7 Å². The van der Waals surface area contributed by atoms with Gasteiger partial charge >= 0.3 is 5.97 Å². The summed E-state index contributed by atoms with van der Waals surface area (Å²) in [4.78, 5) is 15.9. The minimum Gasteiger partial charge on any atom is -0.466 e. The molecule has 106 valence electrons. The number of esters is 1. The Morgan fingerprint density at radius 1 is 1.53 bits per heavy atom. The zero-order valence-corrected chi connectivity index (χ0v) is 11.5. The third kappa shape index (κ3) is 4.02. The van der Waals surface area contributed by atoms with Crippen LogP contribution >= 0.6 is 0 Å². The second-order valence-corrected chi connectivity index (χ2v) is 4.92. The normalized spacial score (nSPS) is 23.3. The minimum atomic E-state index is -0.0654. The number of hydrogen-bond acceptors (Lipinski definition) is 6. The molecule has 1 saturated carbocycles. The second kappa shape index (κ2) is 6.65. The van der Waals surface area contributed by atoms with E-state index in [1.165, 1.54) is 0 Å². The summed E-state index contributed by atoms with van der Waals surface area (Å²) >= 11 is 0. The molecule has 1 heterocycles. The van der Waals surface area contributed by atoms with Gasteiger partial charge in [-0.15, -0.1) is 0 Å². The molecule has 0 bridgehead atoms. The van der Waals surface area contributed by atoms with Crippen molar-refractivity contribution in [2.45, 2.75) is 52.1 Å². The maximum atomic E-state index is 11.7. The van der Waals surface area contributed by atoms with Gasteiger partial charge < -0.3 is 14.6 Å². The molecule has 1 aliphatic rings. The van der Waals surface area contributed by atoms with Gasteiger partial charge in [-0.1, -0.05) is 11.6 Å². The predicted octanol–water partition coefficient (Wildman–Crippen LogP) is 1.59. The molecule has 0 spiro atoms. The summed E-state index contributed by atoms with van der Waals surface area (Å²) < 4.78 is 10.0. The lowest BCUT2D eigenvalue weighted by molar-refractivity contribution is -0.149. The summed E-state index contributed by atoms with van der Waals surface area (Å²) in [5.41, 5.74) is 0. The number of nitrogens with one attached hydrogen (secondary N) is 1. The van der Waals surface area contributed by atoms with Gasteiger partial charge in [-0.05, 0) is 26.2 Å². The Morgan fingerprint density at radius 3 is 3.05 bits per heavy atom. The fraction of sp³-hybridized carbons (Fsp3) is 0.769. The largest absolute Gasteiger partial charge is 0.466 e. The van der Waals surface area contributed by atoms with Gasteiger partial charge in [0.2, 0.25) is 5.89 Å². The molecule has 6 nitrogen and oxygen atoms in total. The van der Waals surface area contributed by atoms with E-state index < -0.39 is 0 Å². The molecule has 1 aromatic heterocycles. The van der Waals surface area contributed by atoms with Crippen molar-refractivity contribution in [2.75, 3.05) is 6.61 Å². The Labute approximate surface area is 112 Å². The molecule has 0 aromatic carbocycles. The SMILES string of the molecule is CCOC(=O)C1CCCC(NCc2noc(C)n2)C1. The van der Waals surface area contributed by atoms with Crippen LogP contribution in [-0.4, -0.2) is 28.8 Å². The van der Waals surface area contributed by atoms with Crippen LogP contribution in [0.5, 0.6) is 0 Å². The summed E-state index contributed by atoms with van der Waals surface area (Å²) in [6, 6.07) is 0.321. The fourth-order valence-corrected chi connectivity index (χ4v) is 2.50. The molecule has 6 heteroatoms. The van der Waals surface area contributed by atoms with Crippen LogP contribution in [-0.2, 0) is 16.1 Å². The van der Waals surface area contributed by atoms with E-state index in [9.17, 15) is 4.79 Å². The van der Waals surface area contributed by atoms with Gasteiger partial charge in [-0.3, -0.25) is 4.79 Å². The highest BCUT2D eigenvalue weighted by atomic mass is 16.5. The Hall–Kier alpha value is -1.43. The molecule has 1 fully saturated rings. The van der Waals surface area contributed by atoms with E-state index in [0.717, 1.165) is 25.7 Å². The molecule has 1 aliphatic carbocycles. The summed E-state index contributed by atoms with van der Waals surface area (Å²) in [5, 5.41) is 7.23. The van der Waals surface area contributed by atoms with Crippen LogP contribution in [0.3, 0.4) is 0 Å². The number of carbonyl (C=O) groups is 1. The number of aromatic nitrogens is 2. The highest BCUT2D eigenvalue weighted by molar-refractivity contribution is 5.72. The standard InChI is InChI=1S/C13H21N3O3/c1-3-18-13(17)10-5-4-6-11(7-10)14-8-12-15-9(2)19-16-12/h10-11,14H,3-8H2,1-2H3. The molecule has 2 unspecified atom stereocenters. The molecule has 1 aromatic rings. The molecule has 19 heavy (non-hydrogen) atoms. The van der Waals surface area contributed by atoms with Crippen LogP contribution in [0.1, 0.15) is 44.3 Å². The summed E-state index contributed by atoms with van der Waals surface area (Å²) in [7, 11) is 0. The number of carbonyl (C=O) groups excluding carboxylic acids is 1. The Balaban J connectivity index is 1.79. The Bertz CT molecular complexity index is 419. The van der Waals surface area contributed by atoms with E-state index in [1.54, 1.807) is 6.92 Å². The second-order valence-electron chi connectivity index (χ2n) is 4.92. The number of ether oxygens (including phenoxy) is 1. The average Bonchev–Trinajstić information content (AvgIpc) is 2.83. The van der Waals surface area contributed by atoms with E-state index >= 15 is 0 Å². The predicted molar refractivity (Wildman–Crippen MR) is 68.3 cm³/mol. The summed E-state index contributed by atoms with van der Waals surface area (Å²) in [5.74, 6) is 1.20. The van der Waals surface area contributed by atoms with Crippen LogP contribution in [0.25, 0.3) is 0 Å². The number of aryl methyl sites for hydroxylation is 1. The van der Waals surface area contributed by atoms with Gasteiger partial charge in [0.15, 0.2) is 5.82 Å². The third-order valence-electron chi connectivity index (χ3n) is 3.41. The summed E-state index contributed by atoms with van der Waals surface area (Å²) in [6.07, 6.45) is 3.88. The molecule has 2 atom stereocenters. The van der Waals surface area contributed by atoms with E-state index in [1.807, 2.05) is 6.92 Å². The molecular formula is C13H21N3O3. The number of nitrogens with zero attached hydrogens (tertiary/aromatic N) is 2. The quantitative estimate of drug-likeness (QED) is 0.816. The maximum absolute atomic E-state index is 11.7. The lowest BCUT2D eigenvalue weighted by Gasteiger charge is -2.28. The van der Waals surface area contributed by atoms with Gasteiger partial charge in [0.25, 0.3) is 0 Å². The molecule has 1 N–H and O–H groups in total. The first-order valence-electron chi connectivity index (χ1n) is 6.88. The van der Waals surface area contributed by atoms with Gasteiger partial charge in [-0.2, -0.15) is 4.98 Å². The van der Waals surface area contributed by atoms with Crippen molar-refractivity contribution in [2.24, 2.45) is 5.92 Å². The minimum absolute atomic E-state index is 0.0261. The lowest BCUT2D eigenvalue weighted by Crippen LogP contribution is -2.36. The van der Waals surface area contributed by atoms with Crippen molar-refractivity contribution in [1.29, 1.82) is 0 Å². The van der Waals surface area contributed by atoms with Crippen LogP contribution < -0.4 is 5.32 Å². The average molecular weight is 267 g/mol. The first-order valence-corrected chi connectivity index (χ1v) is 6.88. The number of hydrogen-bond donors (Lipinski definition) is 1. The number of rotatable bonds is 5. The molecule has 0 aliphatic heterocycles. The van der Waals surface area contributed by atoms with E-state index in [-0.39, 0.29) is 11.9 Å². The van der Waals surface area contributed by atoms with E-state index in [4.69, 9.17) is 9.26 Å². The molecule has 0 amide bonds. The first-order chi connectivity index (χ1) is 9.19. The lowest BCUT2D eigenvalue weighted by atomic mass is 9.86. The highest BCUT2D eigenvalue weighted by Gasteiger charge is 2.28. The van der Waals surface area contributed by atoms with Crippen LogP contribution in [0.15, 0.2) is 4.52 Å². The monoisotopic (exact) mass is 267 g/mol. The smallest absolute Gasteiger partial charge is 0.308 e. The van der Waals surface area contributed by atoms with E-state index in [0.29, 0.717) is 30.9 Å². The first kappa shape index (κ1) is 14.0. The van der Waals surface area contributed by atoms with Crippen molar-refractivity contribution < 1.29 is 14.1 Å². The zero-order valence-electron chi connectivity index (χ0n) is 11.5. The van der Waals surface area contributed by atoms with Gasteiger partial charge in [0.05, 0.1) is 19.1 Å². The highest BCUT2D eigenvalue weighted by Crippen LogP contribution is 2.25. The molecule has 2 rings (SSSR count). The Kier molecular flexibility index (Phi) is 4.90. The Morgan fingerprint density at radius 2 is 2.37 bits per heavy atom. The van der Waals surface area contributed by atoms with Crippen LogP contribution in [0, 0.1) is 12.8 Å². The third-order valence-corrected chi connectivity index (χ3v) is 3.41. The molecule has 0 radical (unpaired) electrons. The van der Waals surface area contributed by atoms with Crippen molar-refractivity contribution in [3.63, 3.8) is 0 Å². The van der Waals surface area contributed by atoms with Gasteiger partial charge in [-0.25, -0.2) is 0 Å². The topological polar surface area (TPSA) is 77.2 Å². The maximum Gasteiger partial charge on any atom is 0.308 e. The van der Waals surface area contributed by atoms with Crippen LogP contribution in [0.2, 0.25) is 0 Å². The van der Waals surface area contributed by atoms with Crippen molar-refractivity contribution in [3.8, 4) is 0 Å². The van der Waals surface area contributed by atoms with Crippen molar-refractivity contribution in [1.82, 2.24) is 15.5 Å². The molecular weight excluding hydrogens is 246 g/mol. The van der Waals surface area contributed by atoms with Crippen molar-refractivity contribution >= 4 is 5.97 Å². The van der Waals surface area contributed by atoms with Crippen LogP contribution in [0.4, 0.5) is 0 Å². The van der Waals surface area contributed by atoms with Gasteiger partial charge in [0.1, 0.15) is 0 Å². The van der Waals surface area contributed by atoms with Gasteiger partial charge in [0, 0.05) is 13.0 Å².